The van der Waals surface area contributed by atoms with Gasteiger partial charge in [-0.25, -0.2) is 9.48 Å². The molecule has 0 unspecified atom stereocenters. The molecule has 6 nitrogen and oxygen atoms in total. The van der Waals surface area contributed by atoms with Crippen molar-refractivity contribution in [2.75, 3.05) is 6.61 Å². The molecule has 104 valence electrons. The Morgan fingerprint density at radius 1 is 1.30 bits per heavy atom. The summed E-state index contributed by atoms with van der Waals surface area (Å²) < 4.78 is 7.02. The average Bonchev–Trinajstić information content (AvgIpc) is 2.88. The van der Waals surface area contributed by atoms with Crippen LogP contribution in [-0.2, 0) is 11.3 Å². The van der Waals surface area contributed by atoms with E-state index in [2.05, 4.69) is 26.2 Å². The normalized spacial score (nSPS) is 10.3. The molecule has 2 rings (SSSR count). The second-order valence-electron chi connectivity index (χ2n) is 3.95. The minimum absolute atomic E-state index is 0.0219. The van der Waals surface area contributed by atoms with Gasteiger partial charge in [-0.05, 0) is 19.1 Å². The molecule has 0 aliphatic heterocycles. The Hall–Kier alpha value is -2.02. The Kier molecular flexibility index (Phi) is 4.62. The van der Waals surface area contributed by atoms with Crippen molar-refractivity contribution >= 4 is 27.7 Å². The van der Waals surface area contributed by atoms with Gasteiger partial charge in [0.1, 0.15) is 6.54 Å². The molecule has 0 fully saturated rings. The molecule has 0 aliphatic carbocycles. The first-order valence-electron chi connectivity index (χ1n) is 5.96. The maximum absolute atomic E-state index is 12.0. The number of hydrogen-bond acceptors (Lipinski definition) is 5. The molecule has 20 heavy (non-hydrogen) atoms. The van der Waals surface area contributed by atoms with E-state index in [1.54, 1.807) is 31.2 Å². The maximum Gasteiger partial charge on any atom is 0.360 e. The zero-order valence-corrected chi connectivity index (χ0v) is 12.3. The van der Waals surface area contributed by atoms with Crippen LogP contribution in [0.15, 0.2) is 34.9 Å². The van der Waals surface area contributed by atoms with Crippen molar-refractivity contribution in [3.8, 4) is 0 Å². The predicted molar refractivity (Wildman–Crippen MR) is 74.5 cm³/mol. The molecule has 0 aliphatic rings. The van der Waals surface area contributed by atoms with Gasteiger partial charge in [-0.2, -0.15) is 0 Å². The molecule has 1 heterocycles. The predicted octanol–water partition coefficient (Wildman–Crippen LogP) is 2.10. The van der Waals surface area contributed by atoms with Crippen LogP contribution in [0.4, 0.5) is 0 Å². The molecule has 0 saturated carbocycles. The summed E-state index contributed by atoms with van der Waals surface area (Å²) in [6, 6.07) is 7.02. The second-order valence-corrected chi connectivity index (χ2v) is 4.87. The minimum Gasteiger partial charge on any atom is -0.461 e. The van der Waals surface area contributed by atoms with Crippen LogP contribution in [0.3, 0.4) is 0 Å². The molecule has 0 N–H and O–H groups in total. The Balaban J connectivity index is 2.05. The molecule has 1 aromatic carbocycles. The van der Waals surface area contributed by atoms with Gasteiger partial charge in [0.25, 0.3) is 0 Å². The summed E-state index contributed by atoms with van der Waals surface area (Å²) in [4.78, 5) is 23.4. The van der Waals surface area contributed by atoms with Crippen molar-refractivity contribution in [2.45, 2.75) is 13.5 Å². The summed E-state index contributed by atoms with van der Waals surface area (Å²) in [6.07, 6.45) is 1.40. The number of ether oxygens (including phenoxy) is 1. The molecular weight excluding hydrogens is 326 g/mol. The van der Waals surface area contributed by atoms with Crippen molar-refractivity contribution < 1.29 is 14.3 Å². The van der Waals surface area contributed by atoms with Crippen LogP contribution in [0.1, 0.15) is 27.8 Å². The number of halogens is 1. The van der Waals surface area contributed by atoms with Crippen LogP contribution in [0, 0.1) is 0 Å². The number of hydrogen-bond donors (Lipinski definition) is 0. The van der Waals surface area contributed by atoms with Crippen molar-refractivity contribution in [1.29, 1.82) is 0 Å². The smallest absolute Gasteiger partial charge is 0.360 e. The number of ketones is 1. The van der Waals surface area contributed by atoms with Gasteiger partial charge in [0.05, 0.1) is 12.8 Å². The molecule has 1 aromatic heterocycles. The van der Waals surface area contributed by atoms with Crippen LogP contribution < -0.4 is 0 Å². The lowest BCUT2D eigenvalue weighted by Gasteiger charge is -2.00. The van der Waals surface area contributed by atoms with E-state index in [1.165, 1.54) is 10.9 Å². The van der Waals surface area contributed by atoms with Crippen molar-refractivity contribution in [3.05, 3.63) is 46.2 Å². The molecule has 0 bridgehead atoms. The van der Waals surface area contributed by atoms with Crippen LogP contribution >= 0.6 is 15.9 Å². The molecular formula is C13H12BrN3O3. The van der Waals surface area contributed by atoms with E-state index in [9.17, 15) is 9.59 Å². The first-order valence-corrected chi connectivity index (χ1v) is 6.75. The van der Waals surface area contributed by atoms with Crippen molar-refractivity contribution in [2.24, 2.45) is 0 Å². The molecule has 2 aromatic rings. The minimum atomic E-state index is -0.546. The SMILES string of the molecule is CCOC(=O)c1cn(CC(=O)c2ccc(Br)cc2)nn1. The number of esters is 1. The third-order valence-electron chi connectivity index (χ3n) is 2.50. The fourth-order valence-electron chi connectivity index (χ4n) is 1.55. The molecule has 0 spiro atoms. The highest BCUT2D eigenvalue weighted by Gasteiger charge is 2.13. The van der Waals surface area contributed by atoms with Gasteiger partial charge in [-0.3, -0.25) is 4.79 Å². The molecule has 0 atom stereocenters. The highest BCUT2D eigenvalue weighted by Crippen LogP contribution is 2.11. The van der Waals surface area contributed by atoms with Crippen LogP contribution in [0.2, 0.25) is 0 Å². The van der Waals surface area contributed by atoms with Gasteiger partial charge in [0, 0.05) is 10.0 Å². The van der Waals surface area contributed by atoms with E-state index < -0.39 is 5.97 Å². The molecule has 7 heteroatoms. The Morgan fingerprint density at radius 3 is 2.65 bits per heavy atom. The van der Waals surface area contributed by atoms with Crippen LogP contribution in [-0.4, -0.2) is 33.4 Å². The van der Waals surface area contributed by atoms with Crippen LogP contribution in [0.5, 0.6) is 0 Å². The van der Waals surface area contributed by atoms with Gasteiger partial charge in [0.2, 0.25) is 0 Å². The van der Waals surface area contributed by atoms with Gasteiger partial charge in [0.15, 0.2) is 11.5 Å². The van der Waals surface area contributed by atoms with Gasteiger partial charge in [-0.1, -0.05) is 33.3 Å². The van der Waals surface area contributed by atoms with Gasteiger partial charge >= 0.3 is 5.97 Å². The lowest BCUT2D eigenvalue weighted by Crippen LogP contribution is -2.11. The summed E-state index contributed by atoms with van der Waals surface area (Å²) in [7, 11) is 0. The number of Topliss-reactive ketones (excluding diaryl/α,β-unsaturated/α-hetero) is 1. The monoisotopic (exact) mass is 337 g/mol. The number of carbonyl (C=O) groups is 2. The highest BCUT2D eigenvalue weighted by molar-refractivity contribution is 9.10. The third-order valence-corrected chi connectivity index (χ3v) is 3.02. The highest BCUT2D eigenvalue weighted by atomic mass is 79.9. The topological polar surface area (TPSA) is 74.1 Å². The van der Waals surface area contributed by atoms with Gasteiger partial charge in [-0.15, -0.1) is 5.10 Å². The number of carbonyl (C=O) groups excluding carboxylic acids is 2. The first kappa shape index (κ1) is 14.4. The van der Waals surface area contributed by atoms with E-state index in [-0.39, 0.29) is 24.6 Å². The van der Waals surface area contributed by atoms with Crippen LogP contribution in [0.25, 0.3) is 0 Å². The lowest BCUT2D eigenvalue weighted by molar-refractivity contribution is 0.0519. The largest absolute Gasteiger partial charge is 0.461 e. The molecule has 0 amide bonds. The summed E-state index contributed by atoms with van der Waals surface area (Å²) in [5, 5.41) is 7.41. The van der Waals surface area contributed by atoms with Crippen molar-refractivity contribution in [1.82, 2.24) is 15.0 Å². The Morgan fingerprint density at radius 2 is 2.00 bits per heavy atom. The van der Waals surface area contributed by atoms with E-state index in [0.29, 0.717) is 5.56 Å². The van der Waals surface area contributed by atoms with Crippen molar-refractivity contribution in [3.63, 3.8) is 0 Å². The average molecular weight is 338 g/mol. The molecule has 0 saturated heterocycles. The molecule has 0 radical (unpaired) electrons. The fraction of sp³-hybridized carbons (Fsp3) is 0.231. The summed E-state index contributed by atoms with van der Waals surface area (Å²) in [6.45, 7) is 2.00. The second kappa shape index (κ2) is 6.42. The van der Waals surface area contributed by atoms with E-state index in [0.717, 1.165) is 4.47 Å². The quantitative estimate of drug-likeness (QED) is 0.617. The van der Waals surface area contributed by atoms with E-state index in [1.807, 2.05) is 0 Å². The fourth-order valence-corrected chi connectivity index (χ4v) is 1.81. The van der Waals surface area contributed by atoms with Gasteiger partial charge < -0.3 is 4.74 Å². The first-order chi connectivity index (χ1) is 9.60. The maximum atomic E-state index is 12.0. The Bertz CT molecular complexity index is 622. The number of benzene rings is 1. The standard InChI is InChI=1S/C13H12BrN3O3/c1-2-20-13(19)11-7-17(16-15-11)8-12(18)9-3-5-10(14)6-4-9/h3-7H,2,8H2,1H3. The summed E-state index contributed by atoms with van der Waals surface area (Å²) in [5.74, 6) is -0.660. The van der Waals surface area contributed by atoms with E-state index >= 15 is 0 Å². The number of rotatable bonds is 5. The Labute approximate surface area is 123 Å². The van der Waals surface area contributed by atoms with E-state index in [4.69, 9.17) is 4.74 Å². The zero-order valence-electron chi connectivity index (χ0n) is 10.7. The third kappa shape index (κ3) is 3.51. The number of aromatic nitrogens is 3. The lowest BCUT2D eigenvalue weighted by atomic mass is 10.1. The zero-order chi connectivity index (χ0) is 14.5. The summed E-state index contributed by atoms with van der Waals surface area (Å²) in [5.41, 5.74) is 0.664. The summed E-state index contributed by atoms with van der Waals surface area (Å²) >= 11 is 3.31. The number of nitrogens with zero attached hydrogens (tertiary/aromatic N) is 3.